The molecule has 3 rings (SSSR count). The molecular formula is C18H32N2O. The molecule has 2 unspecified atom stereocenters. The number of carbonyl (C=O) groups is 1. The summed E-state index contributed by atoms with van der Waals surface area (Å²) < 4.78 is 0. The Morgan fingerprint density at radius 2 is 1.62 bits per heavy atom. The zero-order valence-corrected chi connectivity index (χ0v) is 13.4. The van der Waals surface area contributed by atoms with Crippen LogP contribution in [0, 0.1) is 23.7 Å². The van der Waals surface area contributed by atoms with E-state index in [-0.39, 0.29) is 5.92 Å². The summed E-state index contributed by atoms with van der Waals surface area (Å²) in [5.74, 6) is 2.62. The van der Waals surface area contributed by atoms with E-state index in [1.807, 2.05) is 0 Å². The largest absolute Gasteiger partial charge is 0.356 e. The van der Waals surface area contributed by atoms with Crippen LogP contribution in [-0.4, -0.2) is 18.5 Å². The van der Waals surface area contributed by atoms with Crippen LogP contribution in [0.5, 0.6) is 0 Å². The molecule has 0 radical (unpaired) electrons. The molecule has 3 nitrogen and oxygen atoms in total. The fraction of sp³-hybridized carbons (Fsp3) is 0.944. The zero-order valence-electron chi connectivity index (χ0n) is 13.4. The number of nitrogens with one attached hydrogen (secondary N) is 1. The third-order valence-corrected chi connectivity index (χ3v) is 6.36. The molecule has 3 heteroatoms. The molecule has 21 heavy (non-hydrogen) atoms. The molecule has 0 spiro atoms. The van der Waals surface area contributed by atoms with Crippen molar-refractivity contribution in [3.05, 3.63) is 0 Å². The summed E-state index contributed by atoms with van der Waals surface area (Å²) in [5.41, 5.74) is 6.31. The van der Waals surface area contributed by atoms with E-state index in [4.69, 9.17) is 5.73 Å². The van der Waals surface area contributed by atoms with Crippen molar-refractivity contribution in [1.29, 1.82) is 0 Å². The highest BCUT2D eigenvalue weighted by atomic mass is 16.1. The van der Waals surface area contributed by atoms with Gasteiger partial charge >= 0.3 is 0 Å². The molecule has 0 aliphatic heterocycles. The predicted molar refractivity (Wildman–Crippen MR) is 85.7 cm³/mol. The van der Waals surface area contributed by atoms with Crippen LogP contribution in [-0.2, 0) is 4.79 Å². The summed E-state index contributed by atoms with van der Waals surface area (Å²) in [6.45, 7) is 0.890. The van der Waals surface area contributed by atoms with Crippen LogP contribution in [0.1, 0.15) is 70.6 Å². The molecule has 1 amide bonds. The molecule has 0 aromatic carbocycles. The maximum absolute atomic E-state index is 12.4. The third-order valence-electron chi connectivity index (χ3n) is 6.36. The van der Waals surface area contributed by atoms with Gasteiger partial charge in [0.15, 0.2) is 0 Å². The average molecular weight is 292 g/mol. The smallest absolute Gasteiger partial charge is 0.223 e. The van der Waals surface area contributed by atoms with Gasteiger partial charge in [-0.3, -0.25) is 4.79 Å². The SMILES string of the molecule is NC1C2CCCC1CC(C(=O)NCCC1CCCCC1)C2. The van der Waals surface area contributed by atoms with Gasteiger partial charge in [0.1, 0.15) is 0 Å². The summed E-state index contributed by atoms with van der Waals surface area (Å²) in [4.78, 5) is 12.4. The van der Waals surface area contributed by atoms with Crippen molar-refractivity contribution >= 4 is 5.91 Å². The van der Waals surface area contributed by atoms with E-state index in [9.17, 15) is 4.79 Å². The number of hydrogen-bond acceptors (Lipinski definition) is 2. The van der Waals surface area contributed by atoms with E-state index >= 15 is 0 Å². The third kappa shape index (κ3) is 3.80. The van der Waals surface area contributed by atoms with Crippen molar-refractivity contribution in [2.24, 2.45) is 29.4 Å². The van der Waals surface area contributed by atoms with E-state index in [2.05, 4.69) is 5.32 Å². The van der Waals surface area contributed by atoms with Gasteiger partial charge in [-0.25, -0.2) is 0 Å². The Kier molecular flexibility index (Phi) is 5.20. The van der Waals surface area contributed by atoms with Gasteiger partial charge < -0.3 is 11.1 Å². The van der Waals surface area contributed by atoms with E-state index in [0.29, 0.717) is 23.8 Å². The van der Waals surface area contributed by atoms with E-state index in [0.717, 1.165) is 25.3 Å². The Labute approximate surface area is 129 Å². The van der Waals surface area contributed by atoms with Crippen molar-refractivity contribution in [3.63, 3.8) is 0 Å². The van der Waals surface area contributed by atoms with E-state index in [1.54, 1.807) is 0 Å². The van der Waals surface area contributed by atoms with Gasteiger partial charge in [0.05, 0.1) is 0 Å². The maximum Gasteiger partial charge on any atom is 0.223 e. The van der Waals surface area contributed by atoms with Crippen molar-refractivity contribution in [2.75, 3.05) is 6.54 Å². The van der Waals surface area contributed by atoms with Crippen molar-refractivity contribution in [1.82, 2.24) is 5.32 Å². The molecule has 0 aromatic rings. The number of hydrogen-bond donors (Lipinski definition) is 2. The van der Waals surface area contributed by atoms with Gasteiger partial charge in [0.2, 0.25) is 5.91 Å². The van der Waals surface area contributed by atoms with Gasteiger partial charge in [-0.15, -0.1) is 0 Å². The molecule has 2 atom stereocenters. The average Bonchev–Trinajstić information content (AvgIpc) is 2.48. The summed E-state index contributed by atoms with van der Waals surface area (Å²) in [7, 11) is 0. The lowest BCUT2D eigenvalue weighted by atomic mass is 9.65. The molecule has 120 valence electrons. The second kappa shape index (κ2) is 7.13. The number of amides is 1. The Bertz CT molecular complexity index is 337. The topological polar surface area (TPSA) is 55.1 Å². The quantitative estimate of drug-likeness (QED) is 0.836. The molecule has 3 fully saturated rings. The monoisotopic (exact) mass is 292 g/mol. The Morgan fingerprint density at radius 1 is 0.952 bits per heavy atom. The molecule has 0 heterocycles. The lowest BCUT2D eigenvalue weighted by Crippen LogP contribution is -2.49. The highest BCUT2D eigenvalue weighted by Gasteiger charge is 2.40. The van der Waals surface area contributed by atoms with Gasteiger partial charge in [-0.2, -0.15) is 0 Å². The minimum atomic E-state index is 0.242. The molecule has 3 aliphatic rings. The van der Waals surface area contributed by atoms with Gasteiger partial charge in [0, 0.05) is 18.5 Å². The first-order valence-corrected chi connectivity index (χ1v) is 9.27. The number of rotatable bonds is 4. The van der Waals surface area contributed by atoms with Crippen molar-refractivity contribution in [2.45, 2.75) is 76.7 Å². The molecule has 3 aliphatic carbocycles. The fourth-order valence-electron chi connectivity index (χ4n) is 5.02. The molecule has 3 N–H and O–H groups in total. The van der Waals surface area contributed by atoms with Crippen LogP contribution >= 0.6 is 0 Å². The highest BCUT2D eigenvalue weighted by Crippen LogP contribution is 2.41. The van der Waals surface area contributed by atoms with Crippen molar-refractivity contribution in [3.8, 4) is 0 Å². The maximum atomic E-state index is 12.4. The number of carbonyl (C=O) groups excluding carboxylic acids is 1. The standard InChI is InChI=1S/C18H32N2O/c19-17-14-7-4-8-15(17)12-16(11-14)18(21)20-10-9-13-5-2-1-3-6-13/h13-17H,1-12,19H2,(H,20,21). The van der Waals surface area contributed by atoms with Gasteiger partial charge in [-0.05, 0) is 49.9 Å². The first kappa shape index (κ1) is 15.3. The number of fused-ring (bicyclic) bond motifs is 2. The van der Waals surface area contributed by atoms with E-state index in [1.165, 1.54) is 57.8 Å². The molecule has 0 aromatic heterocycles. The molecule has 2 bridgehead atoms. The van der Waals surface area contributed by atoms with Crippen LogP contribution in [0.4, 0.5) is 0 Å². The predicted octanol–water partition coefficient (Wildman–Crippen LogP) is 3.23. The summed E-state index contributed by atoms with van der Waals surface area (Å²) in [6, 6.07) is 0.366. The van der Waals surface area contributed by atoms with Crippen LogP contribution < -0.4 is 11.1 Å². The molecule has 0 saturated heterocycles. The van der Waals surface area contributed by atoms with Crippen molar-refractivity contribution < 1.29 is 4.79 Å². The van der Waals surface area contributed by atoms with Crippen LogP contribution in [0.3, 0.4) is 0 Å². The zero-order chi connectivity index (χ0) is 14.7. The fourth-order valence-corrected chi connectivity index (χ4v) is 5.02. The molecular weight excluding hydrogens is 260 g/mol. The highest BCUT2D eigenvalue weighted by molar-refractivity contribution is 5.78. The minimum Gasteiger partial charge on any atom is -0.356 e. The minimum absolute atomic E-state index is 0.242. The Morgan fingerprint density at radius 3 is 2.29 bits per heavy atom. The second-order valence-corrected chi connectivity index (χ2v) is 7.78. The summed E-state index contributed by atoms with van der Waals surface area (Å²) >= 11 is 0. The van der Waals surface area contributed by atoms with Crippen LogP contribution in [0.15, 0.2) is 0 Å². The van der Waals surface area contributed by atoms with Crippen LogP contribution in [0.2, 0.25) is 0 Å². The second-order valence-electron chi connectivity index (χ2n) is 7.78. The van der Waals surface area contributed by atoms with Crippen LogP contribution in [0.25, 0.3) is 0 Å². The Balaban J connectivity index is 1.41. The summed E-state index contributed by atoms with van der Waals surface area (Å²) in [6.07, 6.45) is 14.0. The molecule has 3 saturated carbocycles. The first-order chi connectivity index (χ1) is 10.2. The number of nitrogens with two attached hydrogens (primary N) is 1. The lowest BCUT2D eigenvalue weighted by molar-refractivity contribution is -0.127. The normalized spacial score (nSPS) is 37.2. The first-order valence-electron chi connectivity index (χ1n) is 9.27. The Hall–Kier alpha value is -0.570. The van der Waals surface area contributed by atoms with Gasteiger partial charge in [0.25, 0.3) is 0 Å². The van der Waals surface area contributed by atoms with Gasteiger partial charge in [-0.1, -0.05) is 38.5 Å². The lowest BCUT2D eigenvalue weighted by Gasteiger charge is -2.43. The van der Waals surface area contributed by atoms with E-state index < -0.39 is 0 Å². The summed E-state index contributed by atoms with van der Waals surface area (Å²) in [5, 5.41) is 3.22.